The summed E-state index contributed by atoms with van der Waals surface area (Å²) < 4.78 is 59.5. The van der Waals surface area contributed by atoms with Crippen LogP contribution in [0.4, 0.5) is 8.78 Å². The van der Waals surface area contributed by atoms with Gasteiger partial charge in [-0.25, -0.2) is 22.7 Å². The quantitative estimate of drug-likeness (QED) is 0.348. The highest BCUT2D eigenvalue weighted by Gasteiger charge is 2.59. The molecule has 1 aliphatic rings. The maximum absolute atomic E-state index is 16.0. The predicted octanol–water partition coefficient (Wildman–Crippen LogP) is 2.39. The van der Waals surface area contributed by atoms with Crippen molar-refractivity contribution < 1.29 is 41.8 Å². The van der Waals surface area contributed by atoms with Crippen molar-refractivity contribution in [2.45, 2.75) is 63.1 Å². The Morgan fingerprint density at radius 1 is 1.25 bits per heavy atom. The molecular weight excluding hydrogens is 505 g/mol. The molecule has 3 rings (SSSR count). The van der Waals surface area contributed by atoms with E-state index in [1.54, 1.807) is 6.07 Å². The van der Waals surface area contributed by atoms with Crippen molar-refractivity contribution in [3.8, 4) is 5.75 Å². The zero-order valence-electron chi connectivity index (χ0n) is 19.3. The molecule has 1 aromatic heterocycles. The number of alkyl halides is 2. The van der Waals surface area contributed by atoms with Crippen LogP contribution in [0.25, 0.3) is 0 Å². The summed E-state index contributed by atoms with van der Waals surface area (Å²) in [5, 5.41) is 0. The Kier molecular flexibility index (Phi) is 8.27. The third kappa shape index (κ3) is 6.15. The molecule has 36 heavy (non-hydrogen) atoms. The fourth-order valence-electron chi connectivity index (χ4n) is 3.71. The van der Waals surface area contributed by atoms with E-state index in [2.05, 4.69) is 4.98 Å². The van der Waals surface area contributed by atoms with Crippen LogP contribution >= 0.6 is 7.60 Å². The van der Waals surface area contributed by atoms with Gasteiger partial charge >= 0.3 is 19.3 Å². The SMILES string of the molecule is CC(=O)CCC(=O)O[C@@H]1[C@@H](CC(F)P(=O)(O)Oc2ccccc2)O[C@@H](n2c(=O)cc[nH]c2=O)[C@]1(C)F. The van der Waals surface area contributed by atoms with E-state index in [1.165, 1.54) is 31.2 Å². The molecular formula is C22H25F2N2O9P. The first-order chi connectivity index (χ1) is 16.8. The van der Waals surface area contributed by atoms with E-state index >= 15 is 8.78 Å². The number of aromatic nitrogens is 2. The number of ether oxygens (including phenoxy) is 2. The molecule has 0 spiro atoms. The van der Waals surface area contributed by atoms with Gasteiger partial charge in [-0.15, -0.1) is 0 Å². The average molecular weight is 530 g/mol. The Bertz CT molecular complexity index is 1240. The number of aromatic amines is 1. The number of nitrogens with one attached hydrogen (secondary N) is 1. The highest BCUT2D eigenvalue weighted by molar-refractivity contribution is 7.53. The van der Waals surface area contributed by atoms with Gasteiger partial charge in [0.1, 0.15) is 17.6 Å². The maximum atomic E-state index is 16.0. The first kappa shape index (κ1) is 27.4. The number of ketones is 1. The van der Waals surface area contributed by atoms with Crippen molar-refractivity contribution in [2.75, 3.05) is 0 Å². The van der Waals surface area contributed by atoms with Crippen molar-refractivity contribution in [3.05, 3.63) is 63.4 Å². The second-order valence-electron chi connectivity index (χ2n) is 8.42. The summed E-state index contributed by atoms with van der Waals surface area (Å²) in [6.07, 6.45) is -6.14. The lowest BCUT2D eigenvalue weighted by Gasteiger charge is -2.28. The van der Waals surface area contributed by atoms with E-state index in [1.807, 2.05) is 0 Å². The average Bonchev–Trinajstić information content (AvgIpc) is 3.02. The van der Waals surface area contributed by atoms with Crippen LogP contribution in [0, 0.1) is 0 Å². The summed E-state index contributed by atoms with van der Waals surface area (Å²) in [7, 11) is -4.99. The van der Waals surface area contributed by atoms with E-state index in [9.17, 15) is 28.6 Å². The molecule has 0 saturated carbocycles. The number of Topliss-reactive ketones (excluding diaryl/α,β-unsaturated/α-hetero) is 1. The third-order valence-corrected chi connectivity index (χ3v) is 6.90. The first-order valence-corrected chi connectivity index (χ1v) is 12.5. The zero-order valence-corrected chi connectivity index (χ0v) is 20.2. The number of hydrogen-bond donors (Lipinski definition) is 2. The molecule has 1 aliphatic heterocycles. The van der Waals surface area contributed by atoms with E-state index in [-0.39, 0.29) is 18.0 Å². The minimum absolute atomic E-state index is 0.0962. The van der Waals surface area contributed by atoms with Gasteiger partial charge < -0.3 is 28.7 Å². The summed E-state index contributed by atoms with van der Waals surface area (Å²) in [5.74, 6) is -4.08. The van der Waals surface area contributed by atoms with Crippen molar-refractivity contribution in [3.63, 3.8) is 0 Å². The fraction of sp³-hybridized carbons (Fsp3) is 0.455. The van der Waals surface area contributed by atoms with Gasteiger partial charge in [-0.3, -0.25) is 9.59 Å². The molecule has 196 valence electrons. The number of rotatable bonds is 10. The van der Waals surface area contributed by atoms with Crippen molar-refractivity contribution in [1.29, 1.82) is 0 Å². The van der Waals surface area contributed by atoms with E-state index in [0.29, 0.717) is 4.57 Å². The number of halogens is 2. The van der Waals surface area contributed by atoms with Crippen LogP contribution in [0.15, 0.2) is 52.2 Å². The van der Waals surface area contributed by atoms with Gasteiger partial charge in [0.15, 0.2) is 18.0 Å². The molecule has 1 saturated heterocycles. The molecule has 6 atom stereocenters. The standard InChI is InChI=1S/C22H25F2N2O9P/c1-13(27)8-9-18(29)34-19-15(12-16(23)36(31,32)35-14-6-4-3-5-7-14)33-20(22(19,2)24)26-17(28)10-11-25-21(26)30/h3-7,10-11,15-16,19-20H,8-9,12H2,1-2H3,(H,25,30)(H,31,32)/t15-,16?,19-,20-,22-/m1/s1. The number of benzene rings is 1. The van der Waals surface area contributed by atoms with E-state index in [0.717, 1.165) is 19.2 Å². The normalized spacial score (nSPS) is 26.1. The Labute approximate surface area is 203 Å². The molecule has 0 bridgehead atoms. The molecule has 2 heterocycles. The second-order valence-corrected chi connectivity index (χ2v) is 10.3. The predicted molar refractivity (Wildman–Crippen MR) is 121 cm³/mol. The Morgan fingerprint density at radius 2 is 1.92 bits per heavy atom. The summed E-state index contributed by atoms with van der Waals surface area (Å²) in [6, 6.07) is 8.17. The number of H-pyrrole nitrogens is 1. The van der Waals surface area contributed by atoms with Crippen LogP contribution in [0.3, 0.4) is 0 Å². The Balaban J connectivity index is 1.90. The Morgan fingerprint density at radius 3 is 2.53 bits per heavy atom. The topological polar surface area (TPSA) is 154 Å². The summed E-state index contributed by atoms with van der Waals surface area (Å²) in [5.41, 5.74) is -4.75. The van der Waals surface area contributed by atoms with Crippen LogP contribution in [0.2, 0.25) is 0 Å². The van der Waals surface area contributed by atoms with Gasteiger partial charge in [-0.1, -0.05) is 18.2 Å². The number of para-hydroxylation sites is 1. The van der Waals surface area contributed by atoms with Crippen molar-refractivity contribution in [1.82, 2.24) is 9.55 Å². The summed E-state index contributed by atoms with van der Waals surface area (Å²) in [4.78, 5) is 60.4. The molecule has 0 radical (unpaired) electrons. The van der Waals surface area contributed by atoms with E-state index < -0.39 is 67.7 Å². The maximum Gasteiger partial charge on any atom is 0.410 e. The molecule has 1 aromatic carbocycles. The third-order valence-electron chi connectivity index (χ3n) is 5.50. The highest BCUT2D eigenvalue weighted by Crippen LogP contribution is 2.52. The van der Waals surface area contributed by atoms with Gasteiger partial charge in [0, 0.05) is 25.1 Å². The van der Waals surface area contributed by atoms with Crippen LogP contribution in [-0.2, 0) is 23.6 Å². The molecule has 2 N–H and O–H groups in total. The molecule has 1 fully saturated rings. The lowest BCUT2D eigenvalue weighted by molar-refractivity contribution is -0.158. The molecule has 2 aromatic rings. The fourth-order valence-corrected chi connectivity index (χ4v) is 4.72. The Hall–Kier alpha value is -3.15. The van der Waals surface area contributed by atoms with Crippen LogP contribution in [0.5, 0.6) is 5.75 Å². The largest absolute Gasteiger partial charge is 0.456 e. The summed E-state index contributed by atoms with van der Waals surface area (Å²) in [6.45, 7) is 2.11. The van der Waals surface area contributed by atoms with Gasteiger partial charge in [-0.2, -0.15) is 0 Å². The minimum Gasteiger partial charge on any atom is -0.456 e. The monoisotopic (exact) mass is 530 g/mol. The van der Waals surface area contributed by atoms with E-state index in [4.69, 9.17) is 14.0 Å². The van der Waals surface area contributed by atoms with Crippen LogP contribution in [-0.4, -0.2) is 50.0 Å². The number of carbonyl (C=O) groups is 2. The lowest BCUT2D eigenvalue weighted by atomic mass is 9.96. The second kappa shape index (κ2) is 10.9. The van der Waals surface area contributed by atoms with Gasteiger partial charge in [0.2, 0.25) is 5.91 Å². The van der Waals surface area contributed by atoms with Gasteiger partial charge in [-0.05, 0) is 26.0 Å². The number of carbonyl (C=O) groups excluding carboxylic acids is 2. The number of esters is 1. The molecule has 0 aliphatic carbocycles. The lowest BCUT2D eigenvalue weighted by Crippen LogP contribution is -2.48. The van der Waals surface area contributed by atoms with Crippen molar-refractivity contribution >= 4 is 19.3 Å². The molecule has 0 amide bonds. The van der Waals surface area contributed by atoms with Gasteiger partial charge in [0.05, 0.1) is 6.42 Å². The van der Waals surface area contributed by atoms with Crippen LogP contribution in [0.1, 0.15) is 39.3 Å². The minimum atomic E-state index is -4.99. The zero-order chi connectivity index (χ0) is 26.7. The highest BCUT2D eigenvalue weighted by atomic mass is 31.2. The molecule has 2 unspecified atom stereocenters. The smallest absolute Gasteiger partial charge is 0.410 e. The summed E-state index contributed by atoms with van der Waals surface area (Å²) >= 11 is 0. The molecule has 14 heteroatoms. The number of nitrogens with zero attached hydrogens (tertiary/aromatic N) is 1. The first-order valence-electron chi connectivity index (χ1n) is 10.9. The van der Waals surface area contributed by atoms with Crippen LogP contribution < -0.4 is 15.8 Å². The number of hydrogen-bond acceptors (Lipinski definition) is 8. The van der Waals surface area contributed by atoms with Crippen molar-refractivity contribution in [2.24, 2.45) is 0 Å². The van der Waals surface area contributed by atoms with Gasteiger partial charge in [0.25, 0.3) is 5.56 Å². The molecule has 11 nitrogen and oxygen atoms in total.